The van der Waals surface area contributed by atoms with Gasteiger partial charge in [-0.25, -0.2) is 0 Å². The molecule has 0 aromatic carbocycles. The predicted molar refractivity (Wildman–Crippen MR) is 52.6 cm³/mol. The van der Waals surface area contributed by atoms with Gasteiger partial charge in [0.2, 0.25) is 0 Å². The van der Waals surface area contributed by atoms with Crippen molar-refractivity contribution in [3.05, 3.63) is 30.1 Å². The smallest absolute Gasteiger partial charge is 0.314 e. The van der Waals surface area contributed by atoms with E-state index in [-0.39, 0.29) is 0 Å². The van der Waals surface area contributed by atoms with Crippen LogP contribution in [0.1, 0.15) is 16.9 Å². The van der Waals surface area contributed by atoms with E-state index < -0.39 is 24.3 Å². The molecule has 7 heteroatoms. The number of hydrogen-bond acceptors (Lipinski definition) is 4. The fourth-order valence-corrected chi connectivity index (χ4v) is 0.638. The van der Waals surface area contributed by atoms with Crippen molar-refractivity contribution in [2.75, 3.05) is 0 Å². The molecule has 0 aliphatic carbocycles. The first-order valence-electron chi connectivity index (χ1n) is 4.08. The van der Waals surface area contributed by atoms with Crippen LogP contribution in [0.2, 0.25) is 0 Å². The monoisotopic (exact) mass is 226 g/mol. The van der Waals surface area contributed by atoms with Crippen molar-refractivity contribution >= 4 is 17.8 Å². The number of nitrogens with two attached hydrogens (primary N) is 1. The van der Waals surface area contributed by atoms with Crippen molar-refractivity contribution in [1.82, 2.24) is 4.98 Å². The van der Waals surface area contributed by atoms with E-state index in [1.54, 1.807) is 18.2 Å². The van der Waals surface area contributed by atoms with Crippen LogP contribution in [0.25, 0.3) is 0 Å². The first-order valence-corrected chi connectivity index (χ1v) is 4.08. The molecule has 1 aromatic heterocycles. The summed E-state index contributed by atoms with van der Waals surface area (Å²) in [5.41, 5.74) is 5.22. The number of carboxylic acid groups (broad SMARTS) is 2. The second kappa shape index (κ2) is 6.93. The zero-order chi connectivity index (χ0) is 12.6. The number of carbonyl (C=O) groups excluding carboxylic acids is 1. The van der Waals surface area contributed by atoms with Crippen LogP contribution in [0.5, 0.6) is 0 Å². The van der Waals surface area contributed by atoms with E-state index in [9.17, 15) is 14.4 Å². The maximum Gasteiger partial charge on any atom is 0.314 e. The van der Waals surface area contributed by atoms with E-state index in [1.807, 2.05) is 0 Å². The molecule has 4 N–H and O–H groups in total. The van der Waals surface area contributed by atoms with Gasteiger partial charge in [0.15, 0.2) is 0 Å². The predicted octanol–water partition coefficient (Wildman–Crippen LogP) is -0.274. The van der Waals surface area contributed by atoms with E-state index >= 15 is 0 Å². The second-order valence-corrected chi connectivity index (χ2v) is 2.54. The van der Waals surface area contributed by atoms with Crippen molar-refractivity contribution in [2.24, 2.45) is 5.73 Å². The van der Waals surface area contributed by atoms with Gasteiger partial charge in [-0.15, -0.1) is 0 Å². The van der Waals surface area contributed by atoms with Gasteiger partial charge in [-0.05, 0) is 12.1 Å². The summed E-state index contributed by atoms with van der Waals surface area (Å²) < 4.78 is 0. The van der Waals surface area contributed by atoms with E-state index in [4.69, 9.17) is 15.9 Å². The molecule has 0 saturated heterocycles. The normalized spacial score (nSPS) is 8.50. The molecule has 0 unspecified atom stereocenters. The number of amides is 1. The van der Waals surface area contributed by atoms with Gasteiger partial charge in [0.1, 0.15) is 12.1 Å². The van der Waals surface area contributed by atoms with Gasteiger partial charge >= 0.3 is 11.9 Å². The highest BCUT2D eigenvalue weighted by Gasteiger charge is 2.01. The molecule has 0 atom stereocenters. The summed E-state index contributed by atoms with van der Waals surface area (Å²) in [6, 6.07) is 5.02. The van der Waals surface area contributed by atoms with Crippen molar-refractivity contribution in [1.29, 1.82) is 0 Å². The Balaban J connectivity index is 0.000000293. The number of primary amides is 1. The standard InChI is InChI=1S/C6H6N2O.C3H4O4/c7-6(9)5-3-1-2-4-8-5;4-2(5)1-3(6)7/h1-4H,(H2,7,9);1H2,(H,4,5)(H,6,7). The lowest BCUT2D eigenvalue weighted by Crippen LogP contribution is -2.12. The van der Waals surface area contributed by atoms with E-state index in [0.29, 0.717) is 5.69 Å². The van der Waals surface area contributed by atoms with Crippen molar-refractivity contribution in [2.45, 2.75) is 6.42 Å². The molecule has 0 bridgehead atoms. The molecule has 86 valence electrons. The highest BCUT2D eigenvalue weighted by molar-refractivity contribution is 5.90. The minimum Gasteiger partial charge on any atom is -0.481 e. The summed E-state index contributed by atoms with van der Waals surface area (Å²) in [6.07, 6.45) is 0.722. The van der Waals surface area contributed by atoms with E-state index in [2.05, 4.69) is 4.98 Å². The summed E-state index contributed by atoms with van der Waals surface area (Å²) in [7, 11) is 0. The maximum absolute atomic E-state index is 10.4. The number of rotatable bonds is 3. The Morgan fingerprint density at radius 2 is 1.75 bits per heavy atom. The Bertz CT molecular complexity index is 365. The topological polar surface area (TPSA) is 131 Å². The number of nitrogens with zero attached hydrogens (tertiary/aromatic N) is 1. The summed E-state index contributed by atoms with van der Waals surface area (Å²) in [5.74, 6) is -3.12. The van der Waals surface area contributed by atoms with Crippen LogP contribution in [0.3, 0.4) is 0 Å². The molecule has 0 saturated carbocycles. The lowest BCUT2D eigenvalue weighted by molar-refractivity contribution is -0.147. The van der Waals surface area contributed by atoms with Crippen LogP contribution in [0, 0.1) is 0 Å². The summed E-state index contributed by atoms with van der Waals surface area (Å²) >= 11 is 0. The molecule has 0 aliphatic rings. The molecule has 0 radical (unpaired) electrons. The lowest BCUT2D eigenvalue weighted by Gasteiger charge is -1.88. The number of pyridine rings is 1. The Morgan fingerprint density at radius 1 is 1.19 bits per heavy atom. The molecular formula is C9H10N2O5. The highest BCUT2D eigenvalue weighted by Crippen LogP contribution is 1.88. The van der Waals surface area contributed by atoms with E-state index in [1.165, 1.54) is 6.20 Å². The minimum absolute atomic E-state index is 0.303. The number of aromatic nitrogens is 1. The third-order valence-corrected chi connectivity index (χ3v) is 1.22. The number of carbonyl (C=O) groups is 3. The Kier molecular flexibility index (Phi) is 5.88. The number of carboxylic acids is 2. The van der Waals surface area contributed by atoms with Crippen molar-refractivity contribution in [3.63, 3.8) is 0 Å². The zero-order valence-electron chi connectivity index (χ0n) is 8.16. The third-order valence-electron chi connectivity index (χ3n) is 1.22. The fourth-order valence-electron chi connectivity index (χ4n) is 0.638. The average Bonchev–Trinajstić information content (AvgIpc) is 2.17. The van der Waals surface area contributed by atoms with Crippen LogP contribution >= 0.6 is 0 Å². The summed E-state index contributed by atoms with van der Waals surface area (Å²) in [6.45, 7) is 0. The third kappa shape index (κ3) is 7.01. The minimum atomic E-state index is -1.31. The lowest BCUT2D eigenvalue weighted by atomic mass is 10.3. The molecule has 0 fully saturated rings. The van der Waals surface area contributed by atoms with Crippen molar-refractivity contribution < 1.29 is 24.6 Å². The fraction of sp³-hybridized carbons (Fsp3) is 0.111. The number of aliphatic carboxylic acids is 2. The van der Waals surface area contributed by atoms with Gasteiger partial charge in [0.05, 0.1) is 0 Å². The molecule has 0 spiro atoms. The zero-order valence-corrected chi connectivity index (χ0v) is 8.16. The molecule has 7 nitrogen and oxygen atoms in total. The van der Waals surface area contributed by atoms with Gasteiger partial charge in [0.25, 0.3) is 5.91 Å². The quantitative estimate of drug-likeness (QED) is 0.608. The Labute approximate surface area is 90.5 Å². The van der Waals surface area contributed by atoms with Gasteiger partial charge < -0.3 is 15.9 Å². The molecule has 16 heavy (non-hydrogen) atoms. The molecule has 0 aliphatic heterocycles. The molecule has 1 amide bonds. The number of hydrogen-bond donors (Lipinski definition) is 3. The van der Waals surface area contributed by atoms with Crippen LogP contribution < -0.4 is 5.73 Å². The van der Waals surface area contributed by atoms with Gasteiger partial charge in [0, 0.05) is 6.20 Å². The Hall–Kier alpha value is -2.44. The van der Waals surface area contributed by atoms with Crippen LogP contribution in [-0.2, 0) is 9.59 Å². The first-order chi connectivity index (χ1) is 7.43. The van der Waals surface area contributed by atoms with Crippen LogP contribution in [0.4, 0.5) is 0 Å². The van der Waals surface area contributed by atoms with Crippen LogP contribution in [-0.4, -0.2) is 33.0 Å². The summed E-state index contributed by atoms with van der Waals surface area (Å²) in [5, 5.41) is 15.4. The SMILES string of the molecule is NC(=O)c1ccccn1.O=C(O)CC(=O)O. The molecule has 1 heterocycles. The van der Waals surface area contributed by atoms with Gasteiger partial charge in [-0.2, -0.15) is 0 Å². The highest BCUT2D eigenvalue weighted by atomic mass is 16.4. The first kappa shape index (κ1) is 13.6. The van der Waals surface area contributed by atoms with Gasteiger partial charge in [-0.1, -0.05) is 6.07 Å². The Morgan fingerprint density at radius 3 is 1.94 bits per heavy atom. The molecule has 1 rings (SSSR count). The largest absolute Gasteiger partial charge is 0.481 e. The van der Waals surface area contributed by atoms with Crippen molar-refractivity contribution in [3.8, 4) is 0 Å². The average molecular weight is 226 g/mol. The van der Waals surface area contributed by atoms with Crippen LogP contribution in [0.15, 0.2) is 24.4 Å². The molecular weight excluding hydrogens is 216 g/mol. The second-order valence-electron chi connectivity index (χ2n) is 2.54. The summed E-state index contributed by atoms with van der Waals surface area (Å²) in [4.78, 5) is 32.9. The van der Waals surface area contributed by atoms with E-state index in [0.717, 1.165) is 0 Å². The van der Waals surface area contributed by atoms with Gasteiger partial charge in [-0.3, -0.25) is 19.4 Å². The molecule has 1 aromatic rings. The maximum atomic E-state index is 10.4.